The van der Waals surface area contributed by atoms with Gasteiger partial charge in [0.05, 0.1) is 27.9 Å². The molecular weight excluding hydrogens is 1690 g/mol. The Bertz CT molecular complexity index is 4750. The highest BCUT2D eigenvalue weighted by Crippen LogP contribution is 2.38. The molecule has 6 heterocycles. The number of amides is 8. The average Bonchev–Trinajstić information content (AvgIpc) is 0.813. The normalized spacial score (nSPS) is 16.0. The molecule has 4 aliphatic heterocycles. The van der Waals surface area contributed by atoms with E-state index in [1.165, 1.54) is 29.8 Å². The molecule has 0 saturated carbocycles. The van der Waals surface area contributed by atoms with Gasteiger partial charge in [0.1, 0.15) is 11.6 Å². The number of nitrogens with one attached hydrogen (secondary N) is 4. The maximum Gasteiger partial charge on any atom is 0.416 e. The van der Waals surface area contributed by atoms with Crippen molar-refractivity contribution in [2.24, 2.45) is 5.92 Å². The molecule has 694 valence electrons. The molecule has 0 radical (unpaired) electrons. The van der Waals surface area contributed by atoms with Gasteiger partial charge in [0, 0.05) is 156 Å². The predicted molar refractivity (Wildman–Crippen MR) is 473 cm³/mol. The van der Waals surface area contributed by atoms with Crippen molar-refractivity contribution >= 4 is 46.9 Å². The Morgan fingerprint density at radius 2 is 0.698 bits per heavy atom. The highest BCUT2D eigenvalue weighted by atomic mass is 19.4. The van der Waals surface area contributed by atoms with Crippen molar-refractivity contribution in [3.63, 3.8) is 0 Å². The van der Waals surface area contributed by atoms with E-state index in [0.29, 0.717) is 57.5 Å². The van der Waals surface area contributed by atoms with Crippen LogP contribution >= 0.6 is 0 Å². The highest BCUT2D eigenvalue weighted by Gasteiger charge is 2.39. The molecular formula is C97H114F14N14O4. The summed E-state index contributed by atoms with van der Waals surface area (Å²) >= 11 is 0. The lowest BCUT2D eigenvalue weighted by Gasteiger charge is -2.41. The lowest BCUT2D eigenvalue weighted by molar-refractivity contribution is -0.138. The third-order valence-corrected chi connectivity index (χ3v) is 23.4. The van der Waals surface area contributed by atoms with E-state index in [9.17, 15) is 80.6 Å². The molecule has 4 fully saturated rings. The van der Waals surface area contributed by atoms with Gasteiger partial charge in [0.15, 0.2) is 0 Å². The van der Waals surface area contributed by atoms with Crippen molar-refractivity contribution in [3.8, 4) is 0 Å². The van der Waals surface area contributed by atoms with Crippen molar-refractivity contribution in [1.29, 1.82) is 0 Å². The molecule has 4 aliphatic rings. The summed E-state index contributed by atoms with van der Waals surface area (Å²) in [4.78, 5) is 77.3. The van der Waals surface area contributed by atoms with Crippen LogP contribution in [0.5, 0.6) is 0 Å². The SMILES string of the molecule is CC(c1ccccc1)N1CCC(N(Cc2ccccc2)C(=O)Nc2cc(F)cc(C(F)(F)F)c2)CC1.CC(c1ccccn1)N1CCC(N(Cc2ccccc2)C(=O)Nc2cc(F)cc(C(F)(F)F)c2)CC1.CCCN1CCC(N(CC(C)C)C(=O)Nc2cccc(C(F)(F)F)c2)CC1.CCCN1CCC(N(Cc2ccncc2)C(=O)Nc2cccc(C(F)(F)F)c2)CC1. The zero-order valence-corrected chi connectivity index (χ0v) is 73.3. The molecule has 9 aromatic rings. The number of carbonyl (C=O) groups is 4. The Morgan fingerprint density at radius 3 is 1.06 bits per heavy atom. The number of nitrogens with zero attached hydrogens (tertiary/aromatic N) is 10. The molecule has 0 spiro atoms. The number of piperidine rings is 4. The number of urea groups is 4. The molecule has 8 amide bonds. The summed E-state index contributed by atoms with van der Waals surface area (Å²) in [5, 5.41) is 10.3. The molecule has 0 aliphatic carbocycles. The predicted octanol–water partition coefficient (Wildman–Crippen LogP) is 23.7. The van der Waals surface area contributed by atoms with Crippen LogP contribution in [0.2, 0.25) is 0 Å². The Balaban J connectivity index is 0.000000180. The number of aromatic nitrogens is 2. The van der Waals surface area contributed by atoms with Gasteiger partial charge in [-0.2, -0.15) is 52.7 Å². The van der Waals surface area contributed by atoms with Gasteiger partial charge in [0.2, 0.25) is 0 Å². The van der Waals surface area contributed by atoms with Crippen LogP contribution in [0.15, 0.2) is 225 Å². The monoisotopic (exact) mass is 1800 g/mol. The van der Waals surface area contributed by atoms with E-state index >= 15 is 0 Å². The van der Waals surface area contributed by atoms with E-state index in [4.69, 9.17) is 0 Å². The number of anilines is 4. The molecule has 2 unspecified atom stereocenters. The molecule has 129 heavy (non-hydrogen) atoms. The van der Waals surface area contributed by atoms with Crippen LogP contribution < -0.4 is 21.3 Å². The highest BCUT2D eigenvalue weighted by molar-refractivity contribution is 5.92. The minimum absolute atomic E-state index is 0.0251. The number of hydrogen-bond acceptors (Lipinski definition) is 10. The van der Waals surface area contributed by atoms with Crippen LogP contribution in [0, 0.1) is 17.6 Å². The molecule has 32 heteroatoms. The molecule has 0 bridgehead atoms. The lowest BCUT2D eigenvalue weighted by Crippen LogP contribution is -2.50. The summed E-state index contributed by atoms with van der Waals surface area (Å²) in [6, 6.07) is 50.6. The maximum absolute atomic E-state index is 13.9. The first kappa shape index (κ1) is 99.9. The molecule has 13 rings (SSSR count). The fourth-order valence-corrected chi connectivity index (χ4v) is 16.6. The second-order valence-electron chi connectivity index (χ2n) is 33.3. The Hall–Kier alpha value is -11.2. The van der Waals surface area contributed by atoms with E-state index < -0.39 is 70.7 Å². The summed E-state index contributed by atoms with van der Waals surface area (Å²) < 4.78 is 184. The van der Waals surface area contributed by atoms with Gasteiger partial charge in [-0.3, -0.25) is 19.8 Å². The minimum Gasteiger partial charge on any atom is -0.321 e. The first-order valence-corrected chi connectivity index (χ1v) is 43.7. The van der Waals surface area contributed by atoms with Crippen molar-refractivity contribution in [1.82, 2.24) is 49.2 Å². The zero-order chi connectivity index (χ0) is 93.0. The van der Waals surface area contributed by atoms with Crippen molar-refractivity contribution < 1.29 is 80.6 Å². The first-order chi connectivity index (χ1) is 61.5. The lowest BCUT2D eigenvalue weighted by atomic mass is 9.98. The van der Waals surface area contributed by atoms with Crippen LogP contribution in [0.3, 0.4) is 0 Å². The molecule has 2 aromatic heterocycles. The molecule has 4 N–H and O–H groups in total. The van der Waals surface area contributed by atoms with Gasteiger partial charge < -0.3 is 50.7 Å². The number of carbonyl (C=O) groups excluding carboxylic acids is 4. The van der Waals surface area contributed by atoms with Crippen LogP contribution in [0.1, 0.15) is 168 Å². The third-order valence-electron chi connectivity index (χ3n) is 23.4. The summed E-state index contributed by atoms with van der Waals surface area (Å²) in [6.45, 7) is 23.0. The largest absolute Gasteiger partial charge is 0.416 e. The second kappa shape index (κ2) is 47.4. The number of benzene rings is 7. The summed E-state index contributed by atoms with van der Waals surface area (Å²) in [7, 11) is 0. The number of pyridine rings is 2. The quantitative estimate of drug-likeness (QED) is 0.0427. The number of rotatable bonds is 24. The topological polar surface area (TPSA) is 168 Å². The van der Waals surface area contributed by atoms with Crippen molar-refractivity contribution in [2.75, 3.05) is 93.3 Å². The average molecular weight is 1810 g/mol. The van der Waals surface area contributed by atoms with Gasteiger partial charge in [0.25, 0.3) is 0 Å². The van der Waals surface area contributed by atoms with E-state index in [2.05, 4.69) is 90.7 Å². The van der Waals surface area contributed by atoms with Crippen LogP contribution in [0.25, 0.3) is 0 Å². The third kappa shape index (κ3) is 31.0. The van der Waals surface area contributed by atoms with Gasteiger partial charge in [-0.15, -0.1) is 0 Å². The van der Waals surface area contributed by atoms with Crippen LogP contribution in [0.4, 0.5) is 103 Å². The van der Waals surface area contributed by atoms with E-state index in [1.807, 2.05) is 123 Å². The standard InChI is InChI=1S/C28H29F4N3O.C27H28F4N4O.C22H27F3N4O.C20H30F3N3O/c1-20(22-10-6-3-7-11-22)34-14-12-26(13-15-34)35(19-21-8-4-2-5-9-21)27(36)33-25-17-23(28(30,31)32)16-24(29)18-25;1-19(25-9-5-6-12-32-25)34-13-10-24(11-14-34)35(18-20-7-3-2-4-8-20)26(36)33-23-16-21(27(29,30)31)15-22(28)17-23;1-2-12-28-13-8-20(9-14-28)29(16-17-6-10-26-11-7-17)21(30)27-19-5-3-4-18(15-19)22(23,24)25;1-4-10-25-11-8-18(9-12-25)26(14-15(2)3)19(27)24-17-7-5-6-16(13-17)20(21,22)23/h2-11,16-18,20,26H,12-15,19H2,1H3,(H,33,36);2-9,12,15-17,19,24H,10-11,13-14,18H2,1H3,(H,33,36);3-7,10-11,15,20H,2,8-9,12-14,16H2,1H3,(H,27,30);5-7,13,15,18H,4,8-12,14H2,1-3H3,(H,24,27). The van der Waals surface area contributed by atoms with Crippen molar-refractivity contribution in [2.45, 2.75) is 186 Å². The smallest absolute Gasteiger partial charge is 0.321 e. The van der Waals surface area contributed by atoms with Gasteiger partial charge in [-0.05, 0) is 216 Å². The second-order valence-corrected chi connectivity index (χ2v) is 33.3. The molecule has 18 nitrogen and oxygen atoms in total. The first-order valence-electron chi connectivity index (χ1n) is 43.7. The van der Waals surface area contributed by atoms with Gasteiger partial charge in [-0.1, -0.05) is 137 Å². The number of alkyl halides is 12. The van der Waals surface area contributed by atoms with Gasteiger partial charge in [-0.25, -0.2) is 28.0 Å². The van der Waals surface area contributed by atoms with E-state index in [0.717, 1.165) is 175 Å². The van der Waals surface area contributed by atoms with E-state index in [-0.39, 0.29) is 83.5 Å². The number of halogens is 14. The molecule has 2 atom stereocenters. The minimum atomic E-state index is -4.72. The molecule has 7 aromatic carbocycles. The summed E-state index contributed by atoms with van der Waals surface area (Å²) in [5.41, 5.74) is 0.951. The van der Waals surface area contributed by atoms with Gasteiger partial charge >= 0.3 is 48.8 Å². The Labute approximate surface area is 745 Å². The summed E-state index contributed by atoms with van der Waals surface area (Å²) in [5.74, 6) is -1.84. The zero-order valence-electron chi connectivity index (χ0n) is 73.3. The Kier molecular flexibility index (Phi) is 36.7. The fourth-order valence-electron chi connectivity index (χ4n) is 16.6. The Morgan fingerprint density at radius 1 is 0.364 bits per heavy atom. The van der Waals surface area contributed by atoms with Crippen LogP contribution in [-0.4, -0.2) is 169 Å². The summed E-state index contributed by atoms with van der Waals surface area (Å²) in [6.07, 6.45) is -4.76. The fraction of sp³-hybridized carbons (Fsp3) is 0.423. The van der Waals surface area contributed by atoms with Crippen LogP contribution in [-0.2, 0) is 44.3 Å². The maximum atomic E-state index is 13.9. The molecule has 4 saturated heterocycles. The number of likely N-dealkylation sites (tertiary alicyclic amines) is 4. The van der Waals surface area contributed by atoms with Crippen molar-refractivity contribution in [3.05, 3.63) is 287 Å². The number of hydrogen-bond donors (Lipinski definition) is 4. The van der Waals surface area contributed by atoms with E-state index in [1.54, 1.807) is 38.2 Å².